The molecule has 0 fully saturated rings. The molecule has 1 atom stereocenters. The van der Waals surface area contributed by atoms with Crippen molar-refractivity contribution in [3.63, 3.8) is 0 Å². The third-order valence-electron chi connectivity index (χ3n) is 3.33. The molecular formula is C18H30O3. The number of unbranched alkanes of at least 4 members (excludes halogenated alkanes) is 1. The lowest BCUT2D eigenvalue weighted by atomic mass is 10.0. The van der Waals surface area contributed by atoms with E-state index in [0.717, 1.165) is 12.0 Å². The fourth-order valence-corrected chi connectivity index (χ4v) is 2.07. The summed E-state index contributed by atoms with van der Waals surface area (Å²) in [7, 11) is 0. The Morgan fingerprint density at radius 2 is 1.90 bits per heavy atom. The van der Waals surface area contributed by atoms with Gasteiger partial charge in [0, 0.05) is 0 Å². The van der Waals surface area contributed by atoms with Crippen molar-refractivity contribution >= 4 is 5.97 Å². The topological polar surface area (TPSA) is 46.5 Å². The highest BCUT2D eigenvalue weighted by molar-refractivity contribution is 5.88. The minimum Gasteiger partial charge on any atom is -0.493 e. The second kappa shape index (κ2) is 11.2. The molecule has 0 saturated heterocycles. The Labute approximate surface area is 129 Å². The van der Waals surface area contributed by atoms with Gasteiger partial charge in [0.25, 0.3) is 0 Å². The van der Waals surface area contributed by atoms with Gasteiger partial charge in [0.2, 0.25) is 0 Å². The second-order valence-corrected chi connectivity index (χ2v) is 5.07. The number of aryl methyl sites for hydroxylation is 1. The Hall–Kier alpha value is -1.51. The molecule has 1 N–H and O–H groups in total. The van der Waals surface area contributed by atoms with Gasteiger partial charge in [-0.25, -0.2) is 4.79 Å². The number of hydrogen-bond acceptors (Lipinski definition) is 2. The van der Waals surface area contributed by atoms with E-state index in [1.807, 2.05) is 26.8 Å². The molecule has 21 heavy (non-hydrogen) atoms. The van der Waals surface area contributed by atoms with Crippen molar-refractivity contribution in [1.82, 2.24) is 0 Å². The Balaban J connectivity index is 0.00000191. The minimum atomic E-state index is -0.911. The third kappa shape index (κ3) is 7.74. The van der Waals surface area contributed by atoms with Crippen LogP contribution in [0.3, 0.4) is 0 Å². The number of carboxylic acid groups (broad SMARTS) is 1. The van der Waals surface area contributed by atoms with Crippen LogP contribution in [0.15, 0.2) is 18.2 Å². The van der Waals surface area contributed by atoms with Gasteiger partial charge in [0.15, 0.2) is 0 Å². The van der Waals surface area contributed by atoms with Crippen LogP contribution in [0.4, 0.5) is 0 Å². The molecule has 0 radical (unpaired) electrons. The highest BCUT2D eigenvalue weighted by Crippen LogP contribution is 2.20. The molecule has 1 aromatic rings. The molecule has 1 unspecified atom stereocenters. The van der Waals surface area contributed by atoms with Crippen molar-refractivity contribution in [2.75, 3.05) is 6.61 Å². The summed E-state index contributed by atoms with van der Waals surface area (Å²) in [6, 6.07) is 5.14. The van der Waals surface area contributed by atoms with Crippen molar-refractivity contribution in [1.29, 1.82) is 0 Å². The minimum absolute atomic E-state index is 0.289. The number of carbonyl (C=O) groups is 1. The van der Waals surface area contributed by atoms with Gasteiger partial charge in [-0.2, -0.15) is 0 Å². The molecule has 0 bridgehead atoms. The molecule has 120 valence electrons. The first-order valence-corrected chi connectivity index (χ1v) is 8.04. The highest BCUT2D eigenvalue weighted by Gasteiger charge is 2.09. The Morgan fingerprint density at radius 1 is 1.24 bits per heavy atom. The Bertz CT molecular complexity index is 413. The standard InChI is InChI=1S/C16H24O3.C2H6/c1-4-6-7-13(5-2)11-19-15-9-12(3)8-14(10-15)16(17)18;1-2/h8-10,13H,4-7,11H2,1-3H3,(H,17,18);1-2H3. The summed E-state index contributed by atoms with van der Waals surface area (Å²) in [5.41, 5.74) is 1.20. The number of aromatic carboxylic acids is 1. The molecule has 1 rings (SSSR count). The van der Waals surface area contributed by atoms with Gasteiger partial charge in [0.05, 0.1) is 12.2 Å². The Kier molecular flexibility index (Phi) is 10.4. The maximum Gasteiger partial charge on any atom is 0.335 e. The van der Waals surface area contributed by atoms with E-state index in [0.29, 0.717) is 18.3 Å². The fraction of sp³-hybridized carbons (Fsp3) is 0.611. The van der Waals surface area contributed by atoms with Gasteiger partial charge in [0.1, 0.15) is 5.75 Å². The molecule has 0 saturated carbocycles. The van der Waals surface area contributed by atoms with Crippen LogP contribution in [0.2, 0.25) is 0 Å². The second-order valence-electron chi connectivity index (χ2n) is 5.07. The van der Waals surface area contributed by atoms with Crippen molar-refractivity contribution < 1.29 is 14.6 Å². The number of hydrogen-bond donors (Lipinski definition) is 1. The molecule has 0 aliphatic heterocycles. The van der Waals surface area contributed by atoms with Crippen molar-refractivity contribution in [2.24, 2.45) is 5.92 Å². The van der Waals surface area contributed by atoms with Gasteiger partial charge >= 0.3 is 5.97 Å². The van der Waals surface area contributed by atoms with E-state index >= 15 is 0 Å². The third-order valence-corrected chi connectivity index (χ3v) is 3.33. The molecule has 0 spiro atoms. The van der Waals surface area contributed by atoms with E-state index in [4.69, 9.17) is 9.84 Å². The average Bonchev–Trinajstić information content (AvgIpc) is 2.49. The molecule has 0 aliphatic carbocycles. The van der Waals surface area contributed by atoms with Crippen molar-refractivity contribution in [3.8, 4) is 5.75 Å². The number of rotatable bonds is 8. The fourth-order valence-electron chi connectivity index (χ4n) is 2.07. The monoisotopic (exact) mass is 294 g/mol. The van der Waals surface area contributed by atoms with Crippen molar-refractivity contribution in [3.05, 3.63) is 29.3 Å². The molecule has 0 aliphatic rings. The summed E-state index contributed by atoms with van der Waals surface area (Å²) in [4.78, 5) is 11.0. The van der Waals surface area contributed by atoms with E-state index < -0.39 is 5.97 Å². The summed E-state index contributed by atoms with van der Waals surface area (Å²) < 4.78 is 5.76. The lowest BCUT2D eigenvalue weighted by molar-refractivity contribution is 0.0696. The zero-order valence-electron chi connectivity index (χ0n) is 14.1. The van der Waals surface area contributed by atoms with Gasteiger partial charge in [-0.1, -0.05) is 47.0 Å². The summed E-state index contributed by atoms with van der Waals surface area (Å²) >= 11 is 0. The molecule has 1 aromatic carbocycles. The van der Waals surface area contributed by atoms with Gasteiger partial charge < -0.3 is 9.84 Å². The molecule has 3 nitrogen and oxygen atoms in total. The number of ether oxygens (including phenoxy) is 1. The van der Waals surface area contributed by atoms with Crippen LogP contribution in [-0.4, -0.2) is 17.7 Å². The van der Waals surface area contributed by atoms with Crippen LogP contribution in [0, 0.1) is 12.8 Å². The zero-order chi connectivity index (χ0) is 16.3. The summed E-state index contributed by atoms with van der Waals surface area (Å²) in [6.07, 6.45) is 4.68. The smallest absolute Gasteiger partial charge is 0.335 e. The predicted octanol–water partition coefficient (Wildman–Crippen LogP) is 5.31. The average molecular weight is 294 g/mol. The quantitative estimate of drug-likeness (QED) is 0.706. The van der Waals surface area contributed by atoms with E-state index in [9.17, 15) is 4.79 Å². The molecule has 0 aromatic heterocycles. The first-order valence-electron chi connectivity index (χ1n) is 8.04. The van der Waals surface area contributed by atoms with Gasteiger partial charge in [-0.05, 0) is 43.0 Å². The molecule has 3 heteroatoms. The Morgan fingerprint density at radius 3 is 2.43 bits per heavy atom. The normalized spacial score (nSPS) is 11.3. The first kappa shape index (κ1) is 19.5. The lowest BCUT2D eigenvalue weighted by Gasteiger charge is -2.16. The maximum atomic E-state index is 11.0. The largest absolute Gasteiger partial charge is 0.493 e. The number of benzene rings is 1. The van der Waals surface area contributed by atoms with Crippen LogP contribution in [0.5, 0.6) is 5.75 Å². The van der Waals surface area contributed by atoms with E-state index in [2.05, 4.69) is 13.8 Å². The van der Waals surface area contributed by atoms with Crippen LogP contribution >= 0.6 is 0 Å². The highest BCUT2D eigenvalue weighted by atomic mass is 16.5. The first-order chi connectivity index (χ1) is 10.1. The lowest BCUT2D eigenvalue weighted by Crippen LogP contribution is -2.11. The van der Waals surface area contributed by atoms with E-state index in [1.54, 1.807) is 12.1 Å². The van der Waals surface area contributed by atoms with Gasteiger partial charge in [-0.3, -0.25) is 0 Å². The zero-order valence-corrected chi connectivity index (χ0v) is 14.1. The van der Waals surface area contributed by atoms with Crippen LogP contribution < -0.4 is 4.74 Å². The van der Waals surface area contributed by atoms with Crippen LogP contribution in [0.25, 0.3) is 0 Å². The molecule has 0 amide bonds. The number of carboxylic acids is 1. The summed E-state index contributed by atoms with van der Waals surface area (Å²) in [5, 5.41) is 9.02. The predicted molar refractivity (Wildman–Crippen MR) is 88.3 cm³/mol. The van der Waals surface area contributed by atoms with Crippen LogP contribution in [0.1, 0.15) is 69.3 Å². The van der Waals surface area contributed by atoms with Gasteiger partial charge in [-0.15, -0.1) is 0 Å². The SMILES string of the molecule is CC.CCCCC(CC)COc1cc(C)cc(C(=O)O)c1. The molecular weight excluding hydrogens is 264 g/mol. The summed E-state index contributed by atoms with van der Waals surface area (Å²) in [5.74, 6) is 0.299. The maximum absolute atomic E-state index is 11.0. The van der Waals surface area contributed by atoms with E-state index in [-0.39, 0.29) is 5.56 Å². The van der Waals surface area contributed by atoms with Crippen LogP contribution in [-0.2, 0) is 0 Å². The van der Waals surface area contributed by atoms with Crippen molar-refractivity contribution in [2.45, 2.75) is 60.3 Å². The molecule has 0 heterocycles. The summed E-state index contributed by atoms with van der Waals surface area (Å²) in [6.45, 7) is 10.9. The van der Waals surface area contributed by atoms with E-state index in [1.165, 1.54) is 19.3 Å².